The van der Waals surface area contributed by atoms with E-state index in [0.717, 1.165) is 39.0 Å². The summed E-state index contributed by atoms with van der Waals surface area (Å²) in [6.45, 7) is 11.5. The summed E-state index contributed by atoms with van der Waals surface area (Å²) < 4.78 is 5.18. The van der Waals surface area contributed by atoms with Crippen LogP contribution in [0.4, 0.5) is 0 Å². The number of carbonyl (C=O) groups is 1. The number of hydrogen-bond donors (Lipinski definition) is 0. The summed E-state index contributed by atoms with van der Waals surface area (Å²) >= 11 is 0. The van der Waals surface area contributed by atoms with Crippen LogP contribution in [0.25, 0.3) is 0 Å². The van der Waals surface area contributed by atoms with Crippen LogP contribution in [-0.2, 0) is 9.53 Å². The van der Waals surface area contributed by atoms with Crippen LogP contribution < -0.4 is 0 Å². The van der Waals surface area contributed by atoms with Crippen LogP contribution in [0.5, 0.6) is 0 Å². The van der Waals surface area contributed by atoms with Gasteiger partial charge in [0.1, 0.15) is 11.6 Å². The van der Waals surface area contributed by atoms with E-state index in [2.05, 4.69) is 22.8 Å². The second kappa shape index (κ2) is 7.61. The maximum absolute atomic E-state index is 12.0. The number of nitrogens with zero attached hydrogens (tertiary/aromatic N) is 3. The van der Waals surface area contributed by atoms with Gasteiger partial charge >= 0.3 is 5.97 Å². The van der Waals surface area contributed by atoms with Gasteiger partial charge in [-0.1, -0.05) is 13.3 Å². The molecule has 1 unspecified atom stereocenters. The molecule has 0 N–H and O–H groups in total. The summed E-state index contributed by atoms with van der Waals surface area (Å²) in [4.78, 5) is 16.4. The van der Waals surface area contributed by atoms with Crippen LogP contribution in [0.2, 0.25) is 0 Å². The summed E-state index contributed by atoms with van der Waals surface area (Å²) in [6.07, 6.45) is 1.80. The van der Waals surface area contributed by atoms with Gasteiger partial charge in [0.2, 0.25) is 0 Å². The monoisotopic (exact) mass is 281 g/mol. The Labute approximate surface area is 122 Å². The van der Waals surface area contributed by atoms with E-state index in [-0.39, 0.29) is 12.0 Å². The molecule has 20 heavy (non-hydrogen) atoms. The molecule has 0 radical (unpaired) electrons. The minimum atomic E-state index is -0.434. The number of piperazine rings is 1. The molecule has 114 valence electrons. The molecule has 5 nitrogen and oxygen atoms in total. The Bertz CT molecular complexity index is 355. The molecule has 0 aromatic heterocycles. The summed E-state index contributed by atoms with van der Waals surface area (Å²) in [5.74, 6) is -0.109. The van der Waals surface area contributed by atoms with E-state index in [9.17, 15) is 10.1 Å². The predicted octanol–water partition coefficient (Wildman–Crippen LogP) is 1.64. The van der Waals surface area contributed by atoms with E-state index in [1.54, 1.807) is 0 Å². The fourth-order valence-electron chi connectivity index (χ4n) is 2.62. The van der Waals surface area contributed by atoms with Crippen LogP contribution in [0, 0.1) is 11.3 Å². The highest BCUT2D eigenvalue weighted by atomic mass is 16.5. The molecular formula is C15H27N3O2. The van der Waals surface area contributed by atoms with E-state index in [1.165, 1.54) is 0 Å². The Balaban J connectivity index is 2.61. The largest absolute Gasteiger partial charge is 0.465 e. The van der Waals surface area contributed by atoms with Crippen LogP contribution in [0.3, 0.4) is 0 Å². The van der Waals surface area contributed by atoms with Crippen molar-refractivity contribution in [1.82, 2.24) is 9.80 Å². The van der Waals surface area contributed by atoms with Crippen molar-refractivity contribution in [1.29, 1.82) is 5.26 Å². The Morgan fingerprint density at radius 3 is 2.35 bits per heavy atom. The molecule has 0 amide bonds. The predicted molar refractivity (Wildman–Crippen MR) is 78.2 cm³/mol. The zero-order valence-electron chi connectivity index (χ0n) is 13.2. The van der Waals surface area contributed by atoms with Crippen molar-refractivity contribution < 1.29 is 9.53 Å². The highest BCUT2D eigenvalue weighted by Gasteiger charge is 2.34. The number of rotatable bonds is 6. The Kier molecular flexibility index (Phi) is 6.44. The van der Waals surface area contributed by atoms with Crippen molar-refractivity contribution in [2.24, 2.45) is 0 Å². The minimum absolute atomic E-state index is 0.109. The molecule has 1 atom stereocenters. The first-order valence-corrected chi connectivity index (χ1v) is 7.53. The third-order valence-electron chi connectivity index (χ3n) is 3.94. The molecule has 1 fully saturated rings. The van der Waals surface area contributed by atoms with Crippen molar-refractivity contribution in [3.8, 4) is 6.07 Å². The number of carbonyl (C=O) groups excluding carboxylic acids is 1. The number of nitriles is 1. The molecule has 0 aromatic rings. The van der Waals surface area contributed by atoms with Gasteiger partial charge in [-0.2, -0.15) is 5.26 Å². The van der Waals surface area contributed by atoms with Crippen molar-refractivity contribution in [3.05, 3.63) is 0 Å². The molecule has 0 aliphatic carbocycles. The zero-order valence-corrected chi connectivity index (χ0v) is 13.2. The number of esters is 1. The normalized spacial score (nSPS) is 19.4. The maximum atomic E-state index is 12.0. The molecule has 1 saturated heterocycles. The topological polar surface area (TPSA) is 56.6 Å². The van der Waals surface area contributed by atoms with Crippen molar-refractivity contribution >= 4 is 5.97 Å². The molecule has 0 bridgehead atoms. The lowest BCUT2D eigenvalue weighted by atomic mass is 10.0. The quantitative estimate of drug-likeness (QED) is 0.693. The molecule has 0 spiro atoms. The summed E-state index contributed by atoms with van der Waals surface area (Å²) in [7, 11) is 0. The standard InChI is InChI=1S/C15H27N3O2/c1-5-7-13(14(19)20-6-2)17-8-10-18(11-9-17)15(3,4)12-16/h13H,5-11H2,1-4H3. The Morgan fingerprint density at radius 1 is 1.30 bits per heavy atom. The van der Waals surface area contributed by atoms with Crippen LogP contribution in [0.1, 0.15) is 40.5 Å². The van der Waals surface area contributed by atoms with E-state index in [0.29, 0.717) is 6.61 Å². The highest BCUT2D eigenvalue weighted by molar-refractivity contribution is 5.75. The van der Waals surface area contributed by atoms with E-state index in [4.69, 9.17) is 4.74 Å². The van der Waals surface area contributed by atoms with Crippen molar-refractivity contribution in [3.63, 3.8) is 0 Å². The van der Waals surface area contributed by atoms with E-state index >= 15 is 0 Å². The van der Waals surface area contributed by atoms with Crippen LogP contribution >= 0.6 is 0 Å². The van der Waals surface area contributed by atoms with Gasteiger partial charge in [0.05, 0.1) is 12.7 Å². The van der Waals surface area contributed by atoms with Gasteiger partial charge in [-0.15, -0.1) is 0 Å². The fraction of sp³-hybridized carbons (Fsp3) is 0.867. The van der Waals surface area contributed by atoms with Gasteiger partial charge in [-0.25, -0.2) is 0 Å². The first-order chi connectivity index (χ1) is 9.46. The van der Waals surface area contributed by atoms with Gasteiger partial charge in [0, 0.05) is 26.2 Å². The lowest BCUT2D eigenvalue weighted by molar-refractivity contribution is -0.150. The molecule has 5 heteroatoms. The molecule has 1 aliphatic rings. The lowest BCUT2D eigenvalue weighted by Gasteiger charge is -2.42. The van der Waals surface area contributed by atoms with Gasteiger partial charge in [-0.3, -0.25) is 14.6 Å². The Hall–Kier alpha value is -1.12. The number of hydrogen-bond acceptors (Lipinski definition) is 5. The van der Waals surface area contributed by atoms with Gasteiger partial charge in [0.25, 0.3) is 0 Å². The average Bonchev–Trinajstić information content (AvgIpc) is 2.45. The average molecular weight is 281 g/mol. The SMILES string of the molecule is CCCC(C(=O)OCC)N1CCN(C(C)(C)C#N)CC1. The summed E-state index contributed by atoms with van der Waals surface area (Å²) in [6, 6.07) is 2.21. The zero-order chi connectivity index (χ0) is 15.2. The molecule has 1 heterocycles. The molecule has 0 saturated carbocycles. The van der Waals surface area contributed by atoms with Gasteiger partial charge in [0.15, 0.2) is 0 Å². The minimum Gasteiger partial charge on any atom is -0.465 e. The number of ether oxygens (including phenoxy) is 1. The fourth-order valence-corrected chi connectivity index (χ4v) is 2.62. The molecule has 1 rings (SSSR count). The molecule has 1 aliphatic heterocycles. The second-order valence-electron chi connectivity index (χ2n) is 5.75. The molecular weight excluding hydrogens is 254 g/mol. The second-order valence-corrected chi connectivity index (χ2v) is 5.75. The van der Waals surface area contributed by atoms with Crippen LogP contribution in [-0.4, -0.2) is 60.1 Å². The summed E-state index contributed by atoms with van der Waals surface area (Å²) in [5.41, 5.74) is -0.434. The first-order valence-electron chi connectivity index (χ1n) is 7.53. The van der Waals surface area contributed by atoms with Gasteiger partial charge < -0.3 is 4.74 Å². The summed E-state index contributed by atoms with van der Waals surface area (Å²) in [5, 5.41) is 9.18. The van der Waals surface area contributed by atoms with E-state index < -0.39 is 5.54 Å². The van der Waals surface area contributed by atoms with Crippen molar-refractivity contribution in [2.45, 2.75) is 52.1 Å². The molecule has 0 aromatic carbocycles. The van der Waals surface area contributed by atoms with Gasteiger partial charge in [-0.05, 0) is 27.2 Å². The van der Waals surface area contributed by atoms with E-state index in [1.807, 2.05) is 20.8 Å². The lowest BCUT2D eigenvalue weighted by Crippen LogP contribution is -2.57. The third-order valence-corrected chi connectivity index (χ3v) is 3.94. The third kappa shape index (κ3) is 4.19. The Morgan fingerprint density at radius 2 is 1.90 bits per heavy atom. The van der Waals surface area contributed by atoms with Crippen molar-refractivity contribution in [2.75, 3.05) is 32.8 Å². The smallest absolute Gasteiger partial charge is 0.323 e. The maximum Gasteiger partial charge on any atom is 0.323 e. The highest BCUT2D eigenvalue weighted by Crippen LogP contribution is 2.19. The van der Waals surface area contributed by atoms with Crippen LogP contribution in [0.15, 0.2) is 0 Å². The first kappa shape index (κ1) is 16.9.